The highest BCUT2D eigenvalue weighted by Crippen LogP contribution is 2.37. The molecule has 0 saturated carbocycles. The Hall–Kier alpha value is -0.803. The Balaban J connectivity index is 2.92. The van der Waals surface area contributed by atoms with Gasteiger partial charge in [0.2, 0.25) is 8.32 Å². The van der Waals surface area contributed by atoms with E-state index >= 15 is 0 Å². The third kappa shape index (κ3) is 3.59. The molecule has 0 radical (unpaired) electrons. The zero-order valence-electron chi connectivity index (χ0n) is 12.6. The molecule has 0 aliphatic carbocycles. The molecule has 1 aromatic carbocycles. The largest absolute Gasteiger partial charge is 0.543 e. The Bertz CT molecular complexity index is 396. The van der Waals surface area contributed by atoms with Gasteiger partial charge in [-0.05, 0) is 42.2 Å². The van der Waals surface area contributed by atoms with Crippen LogP contribution in [-0.2, 0) is 0 Å². The lowest BCUT2D eigenvalue weighted by Crippen LogP contribution is -2.43. The van der Waals surface area contributed by atoms with Crippen LogP contribution >= 0.6 is 0 Å². The lowest BCUT2D eigenvalue weighted by atomic mass is 10.1. The number of hydrogen-bond donors (Lipinski definition) is 1. The summed E-state index contributed by atoms with van der Waals surface area (Å²) in [5, 5.41) is 0.218. The Morgan fingerprint density at radius 1 is 1.28 bits per heavy atom. The van der Waals surface area contributed by atoms with Gasteiger partial charge in [0.15, 0.2) is 0 Å². The maximum atomic E-state index is 6.28. The molecule has 0 saturated heterocycles. The molecule has 0 aromatic heterocycles. The van der Waals surface area contributed by atoms with Gasteiger partial charge in [0.1, 0.15) is 5.75 Å². The van der Waals surface area contributed by atoms with Crippen molar-refractivity contribution in [1.29, 1.82) is 0 Å². The van der Waals surface area contributed by atoms with Crippen LogP contribution in [0, 0.1) is 0 Å². The van der Waals surface area contributed by atoms with Crippen molar-refractivity contribution >= 4 is 8.32 Å². The summed E-state index contributed by atoms with van der Waals surface area (Å²) >= 11 is 0. The van der Waals surface area contributed by atoms with E-state index in [-0.39, 0.29) is 11.1 Å². The number of rotatable bonds is 4. The topological polar surface area (TPSA) is 35.2 Å². The number of benzene rings is 1. The van der Waals surface area contributed by atoms with Gasteiger partial charge in [-0.25, -0.2) is 0 Å². The molecule has 1 aromatic rings. The lowest BCUT2D eigenvalue weighted by Gasteiger charge is -2.36. The van der Waals surface area contributed by atoms with Crippen LogP contribution in [-0.4, -0.2) is 8.32 Å². The Morgan fingerprint density at radius 2 is 1.89 bits per heavy atom. The van der Waals surface area contributed by atoms with Crippen LogP contribution in [0.4, 0.5) is 0 Å². The van der Waals surface area contributed by atoms with Crippen molar-refractivity contribution in [2.75, 3.05) is 0 Å². The predicted octanol–water partition coefficient (Wildman–Crippen LogP) is 4.48. The first-order chi connectivity index (χ1) is 8.17. The Kier molecular flexibility index (Phi) is 4.62. The zero-order valence-corrected chi connectivity index (χ0v) is 13.6. The molecule has 0 fully saturated rings. The quantitative estimate of drug-likeness (QED) is 0.815. The fourth-order valence-electron chi connectivity index (χ4n) is 1.49. The van der Waals surface area contributed by atoms with Crippen LogP contribution in [0.15, 0.2) is 24.3 Å². The van der Waals surface area contributed by atoms with Crippen molar-refractivity contribution in [1.82, 2.24) is 0 Å². The maximum absolute atomic E-state index is 6.28. The molecule has 1 atom stereocenters. The molecule has 3 heteroatoms. The third-order valence-corrected chi connectivity index (χ3v) is 8.26. The first-order valence-electron chi connectivity index (χ1n) is 6.72. The molecular weight excluding hydrogens is 238 g/mol. The van der Waals surface area contributed by atoms with E-state index in [4.69, 9.17) is 10.2 Å². The van der Waals surface area contributed by atoms with Crippen molar-refractivity contribution in [3.8, 4) is 5.75 Å². The third-order valence-electron chi connectivity index (χ3n) is 3.91. The summed E-state index contributed by atoms with van der Waals surface area (Å²) in [5.41, 5.74) is 7.23. The predicted molar refractivity (Wildman–Crippen MR) is 81.5 cm³/mol. The van der Waals surface area contributed by atoms with E-state index in [1.807, 2.05) is 12.1 Å². The van der Waals surface area contributed by atoms with Crippen molar-refractivity contribution in [2.45, 2.75) is 58.3 Å². The molecule has 0 aliphatic rings. The summed E-state index contributed by atoms with van der Waals surface area (Å²) in [7, 11) is -1.75. The second kappa shape index (κ2) is 5.45. The fourth-order valence-corrected chi connectivity index (χ4v) is 2.51. The van der Waals surface area contributed by atoms with Gasteiger partial charge in [-0.3, -0.25) is 0 Å². The highest BCUT2D eigenvalue weighted by molar-refractivity contribution is 6.74. The minimum atomic E-state index is -1.75. The van der Waals surface area contributed by atoms with Crippen LogP contribution in [0.1, 0.15) is 45.7 Å². The Morgan fingerprint density at radius 3 is 2.39 bits per heavy atom. The van der Waals surface area contributed by atoms with Crippen LogP contribution in [0.5, 0.6) is 5.75 Å². The van der Waals surface area contributed by atoms with E-state index in [1.165, 1.54) is 0 Å². The first-order valence-corrected chi connectivity index (χ1v) is 9.63. The van der Waals surface area contributed by atoms with Crippen molar-refractivity contribution in [2.24, 2.45) is 5.73 Å². The molecule has 102 valence electrons. The summed E-state index contributed by atoms with van der Waals surface area (Å²) in [6.07, 6.45) is 0.948. The maximum Gasteiger partial charge on any atom is 0.250 e. The van der Waals surface area contributed by atoms with Gasteiger partial charge in [-0.15, -0.1) is 0 Å². The molecule has 1 rings (SSSR count). The first kappa shape index (κ1) is 15.3. The molecule has 1 unspecified atom stereocenters. The van der Waals surface area contributed by atoms with E-state index in [0.717, 1.165) is 17.7 Å². The SMILES string of the molecule is CCC(N)c1cccc(O[Si](C)(C)C(C)(C)C)c1. The van der Waals surface area contributed by atoms with Crippen LogP contribution in [0.25, 0.3) is 0 Å². The summed E-state index contributed by atoms with van der Waals surface area (Å²) in [6, 6.07) is 8.34. The lowest BCUT2D eigenvalue weighted by molar-refractivity contribution is 0.491. The second-order valence-electron chi connectivity index (χ2n) is 6.45. The molecule has 0 aliphatic heterocycles. The number of nitrogens with two attached hydrogens (primary N) is 1. The minimum Gasteiger partial charge on any atom is -0.543 e. The zero-order chi connectivity index (χ0) is 14.0. The summed E-state index contributed by atoms with van der Waals surface area (Å²) < 4.78 is 6.28. The molecule has 0 spiro atoms. The van der Waals surface area contributed by atoms with Crippen LogP contribution < -0.4 is 10.2 Å². The standard InChI is InChI=1S/C15H27NOSi/c1-7-14(16)12-9-8-10-13(11-12)17-18(5,6)15(2,3)4/h8-11,14H,7,16H2,1-6H3. The molecule has 2 N–H and O–H groups in total. The Labute approximate surface area is 113 Å². The summed E-state index contributed by atoms with van der Waals surface area (Å²) in [5.74, 6) is 0.961. The van der Waals surface area contributed by atoms with Gasteiger partial charge in [-0.1, -0.05) is 39.8 Å². The average molecular weight is 265 g/mol. The van der Waals surface area contributed by atoms with E-state index in [0.29, 0.717) is 0 Å². The molecule has 0 heterocycles. The van der Waals surface area contributed by atoms with E-state index in [1.54, 1.807) is 0 Å². The highest BCUT2D eigenvalue weighted by atomic mass is 28.4. The monoisotopic (exact) mass is 265 g/mol. The van der Waals surface area contributed by atoms with Gasteiger partial charge in [0.05, 0.1) is 0 Å². The summed E-state index contributed by atoms with van der Waals surface area (Å²) in [4.78, 5) is 0. The van der Waals surface area contributed by atoms with Crippen molar-refractivity contribution in [3.63, 3.8) is 0 Å². The molecule has 18 heavy (non-hydrogen) atoms. The van der Waals surface area contributed by atoms with Gasteiger partial charge in [0.25, 0.3) is 0 Å². The molecular formula is C15H27NOSi. The van der Waals surface area contributed by atoms with Crippen LogP contribution in [0.3, 0.4) is 0 Å². The van der Waals surface area contributed by atoms with E-state index < -0.39 is 8.32 Å². The molecule has 2 nitrogen and oxygen atoms in total. The van der Waals surface area contributed by atoms with Gasteiger partial charge < -0.3 is 10.2 Å². The van der Waals surface area contributed by atoms with E-state index in [2.05, 4.69) is 52.9 Å². The molecule has 0 amide bonds. The van der Waals surface area contributed by atoms with Crippen molar-refractivity contribution < 1.29 is 4.43 Å². The van der Waals surface area contributed by atoms with Gasteiger partial charge in [-0.2, -0.15) is 0 Å². The highest BCUT2D eigenvalue weighted by Gasteiger charge is 2.38. The minimum absolute atomic E-state index is 0.105. The van der Waals surface area contributed by atoms with Crippen LogP contribution in [0.2, 0.25) is 18.1 Å². The second-order valence-corrected chi connectivity index (χ2v) is 11.2. The average Bonchev–Trinajstić information content (AvgIpc) is 2.26. The molecule has 0 bridgehead atoms. The van der Waals surface area contributed by atoms with Gasteiger partial charge in [0, 0.05) is 6.04 Å². The fraction of sp³-hybridized carbons (Fsp3) is 0.600. The summed E-state index contributed by atoms with van der Waals surface area (Å²) in [6.45, 7) is 13.4. The van der Waals surface area contributed by atoms with Crippen molar-refractivity contribution in [3.05, 3.63) is 29.8 Å². The number of hydrogen-bond acceptors (Lipinski definition) is 2. The van der Waals surface area contributed by atoms with E-state index in [9.17, 15) is 0 Å². The van der Waals surface area contributed by atoms with Gasteiger partial charge >= 0.3 is 0 Å². The normalized spacial score (nSPS) is 14.4. The smallest absolute Gasteiger partial charge is 0.250 e.